The van der Waals surface area contributed by atoms with Gasteiger partial charge in [-0.25, -0.2) is 0 Å². The van der Waals surface area contributed by atoms with Gasteiger partial charge in [-0.2, -0.15) is 0 Å². The van der Waals surface area contributed by atoms with E-state index in [0.717, 1.165) is 17.1 Å². The van der Waals surface area contributed by atoms with Crippen molar-refractivity contribution >= 4 is 45.6 Å². The number of carbonyl (C=O) groups excluding carboxylic acids is 2. The Hall–Kier alpha value is -1.99. The number of benzene rings is 1. The van der Waals surface area contributed by atoms with Gasteiger partial charge in [0.15, 0.2) is 0 Å². The second-order valence-electron chi connectivity index (χ2n) is 7.61. The number of amides is 2. The van der Waals surface area contributed by atoms with Crippen LogP contribution in [0.1, 0.15) is 32.2 Å². The third kappa shape index (κ3) is 4.59. The second kappa shape index (κ2) is 7.32. The van der Waals surface area contributed by atoms with E-state index in [0.29, 0.717) is 16.7 Å². The predicted molar refractivity (Wildman–Crippen MR) is 104 cm³/mol. The smallest absolute Gasteiger partial charge is 0.231 e. The number of halogens is 1. The monoisotopic (exact) mass is 392 g/mol. The highest BCUT2D eigenvalue weighted by atomic mass is 35.5. The van der Waals surface area contributed by atoms with Crippen LogP contribution in [-0.2, 0) is 16.0 Å². The van der Waals surface area contributed by atoms with Crippen LogP contribution in [0.2, 0.25) is 5.02 Å². The molecule has 1 saturated heterocycles. The Morgan fingerprint density at radius 3 is 2.65 bits per heavy atom. The maximum Gasteiger partial charge on any atom is 0.231 e. The molecule has 0 radical (unpaired) electrons. The van der Waals surface area contributed by atoms with Crippen LogP contribution in [0.3, 0.4) is 0 Å². The van der Waals surface area contributed by atoms with Crippen molar-refractivity contribution in [3.63, 3.8) is 0 Å². The Morgan fingerprint density at radius 2 is 2.00 bits per heavy atom. The molecule has 0 saturated carbocycles. The summed E-state index contributed by atoms with van der Waals surface area (Å²) in [4.78, 5) is 26.4. The topological polar surface area (TPSA) is 75.2 Å². The van der Waals surface area contributed by atoms with E-state index in [-0.39, 0.29) is 23.7 Å². The summed E-state index contributed by atoms with van der Waals surface area (Å²) in [6.45, 7) is 6.73. The molecule has 6 nitrogen and oxygen atoms in total. The van der Waals surface area contributed by atoms with Gasteiger partial charge in [-0.1, -0.05) is 43.7 Å². The summed E-state index contributed by atoms with van der Waals surface area (Å²) < 4.78 is 0. The van der Waals surface area contributed by atoms with Crippen molar-refractivity contribution in [3.05, 3.63) is 34.3 Å². The van der Waals surface area contributed by atoms with E-state index in [1.165, 1.54) is 11.3 Å². The molecule has 138 valence electrons. The van der Waals surface area contributed by atoms with Crippen molar-refractivity contribution in [1.82, 2.24) is 10.2 Å². The number of carbonyl (C=O) groups is 2. The molecule has 1 fully saturated rings. The molecule has 1 atom stereocenters. The van der Waals surface area contributed by atoms with Gasteiger partial charge in [0.05, 0.1) is 5.92 Å². The molecule has 1 aromatic heterocycles. The minimum Gasteiger partial charge on any atom is -0.312 e. The molecule has 1 aliphatic rings. The molecule has 0 unspecified atom stereocenters. The van der Waals surface area contributed by atoms with Gasteiger partial charge in [-0.05, 0) is 29.7 Å². The number of nitrogens with zero attached hydrogens (tertiary/aromatic N) is 3. The van der Waals surface area contributed by atoms with Crippen molar-refractivity contribution in [3.8, 4) is 0 Å². The predicted octanol–water partition coefficient (Wildman–Crippen LogP) is 3.77. The molecule has 8 heteroatoms. The first-order chi connectivity index (χ1) is 12.2. The standard InChI is InChI=1S/C18H21ClN4O2S/c1-18(2,3)9-14-21-22-17(26-14)20-16(25)11-8-15(24)23(10-11)13-6-4-12(19)5-7-13/h4-7,11H,8-10H2,1-3H3,(H,20,22,25)/t11-/m1/s1. The molecule has 26 heavy (non-hydrogen) atoms. The van der Waals surface area contributed by atoms with Crippen molar-refractivity contribution in [1.29, 1.82) is 0 Å². The largest absolute Gasteiger partial charge is 0.312 e. The lowest BCUT2D eigenvalue weighted by atomic mass is 9.93. The van der Waals surface area contributed by atoms with Gasteiger partial charge < -0.3 is 10.2 Å². The number of hydrogen-bond acceptors (Lipinski definition) is 5. The van der Waals surface area contributed by atoms with Gasteiger partial charge in [-0.3, -0.25) is 9.59 Å². The van der Waals surface area contributed by atoms with E-state index in [1.807, 2.05) is 0 Å². The molecule has 1 aromatic carbocycles. The molecule has 2 aromatic rings. The first-order valence-electron chi connectivity index (χ1n) is 8.40. The lowest BCUT2D eigenvalue weighted by molar-refractivity contribution is -0.122. The van der Waals surface area contributed by atoms with Gasteiger partial charge >= 0.3 is 0 Å². The van der Waals surface area contributed by atoms with Crippen molar-refractivity contribution in [2.24, 2.45) is 11.3 Å². The minimum absolute atomic E-state index is 0.0712. The van der Waals surface area contributed by atoms with Crippen LogP contribution < -0.4 is 10.2 Å². The lowest BCUT2D eigenvalue weighted by Gasteiger charge is -2.16. The molecule has 2 heterocycles. The second-order valence-corrected chi connectivity index (χ2v) is 9.11. The van der Waals surface area contributed by atoms with Crippen LogP contribution in [-0.4, -0.2) is 28.6 Å². The third-order valence-corrected chi connectivity index (χ3v) is 5.10. The number of aromatic nitrogens is 2. The summed E-state index contributed by atoms with van der Waals surface area (Å²) in [5.41, 5.74) is 0.857. The Labute approximate surface area is 161 Å². The first-order valence-corrected chi connectivity index (χ1v) is 9.60. The van der Waals surface area contributed by atoms with E-state index in [4.69, 9.17) is 11.6 Å². The summed E-state index contributed by atoms with van der Waals surface area (Å²) >= 11 is 7.27. The molecule has 3 rings (SSSR count). The summed E-state index contributed by atoms with van der Waals surface area (Å²) in [5, 5.41) is 12.9. The molecular weight excluding hydrogens is 372 g/mol. The van der Waals surface area contributed by atoms with E-state index < -0.39 is 5.92 Å². The normalized spacial score (nSPS) is 17.6. The minimum atomic E-state index is -0.409. The van der Waals surface area contributed by atoms with Crippen LogP contribution in [0.4, 0.5) is 10.8 Å². The fourth-order valence-electron chi connectivity index (χ4n) is 2.79. The van der Waals surface area contributed by atoms with Crippen molar-refractivity contribution in [2.45, 2.75) is 33.6 Å². The zero-order valence-electron chi connectivity index (χ0n) is 15.0. The molecule has 1 N–H and O–H groups in total. The highest BCUT2D eigenvalue weighted by molar-refractivity contribution is 7.15. The van der Waals surface area contributed by atoms with Gasteiger partial charge in [0.25, 0.3) is 0 Å². The first kappa shape index (κ1) is 18.8. The number of rotatable bonds is 4. The van der Waals surface area contributed by atoms with E-state index in [9.17, 15) is 9.59 Å². The molecule has 0 spiro atoms. The Bertz CT molecular complexity index is 813. The Balaban J connectivity index is 1.62. The fraction of sp³-hybridized carbons (Fsp3) is 0.444. The SMILES string of the molecule is CC(C)(C)Cc1nnc(NC(=O)[C@@H]2CC(=O)N(c3ccc(Cl)cc3)C2)s1. The van der Waals surface area contributed by atoms with Crippen molar-refractivity contribution in [2.75, 3.05) is 16.8 Å². The summed E-state index contributed by atoms with van der Waals surface area (Å²) in [5.74, 6) is -0.681. The molecule has 0 bridgehead atoms. The Morgan fingerprint density at radius 1 is 1.31 bits per heavy atom. The van der Waals surface area contributed by atoms with Crippen LogP contribution in [0.25, 0.3) is 0 Å². The highest BCUT2D eigenvalue weighted by Crippen LogP contribution is 2.28. The van der Waals surface area contributed by atoms with Crippen LogP contribution in [0.5, 0.6) is 0 Å². The van der Waals surface area contributed by atoms with Gasteiger partial charge in [0.1, 0.15) is 5.01 Å². The van der Waals surface area contributed by atoms with Crippen LogP contribution in [0, 0.1) is 11.3 Å². The summed E-state index contributed by atoms with van der Waals surface area (Å²) in [6.07, 6.45) is 0.981. The van der Waals surface area contributed by atoms with Gasteiger partial charge in [-0.15, -0.1) is 10.2 Å². The zero-order valence-corrected chi connectivity index (χ0v) is 16.5. The quantitative estimate of drug-likeness (QED) is 0.859. The lowest BCUT2D eigenvalue weighted by Crippen LogP contribution is -2.28. The zero-order chi connectivity index (χ0) is 18.9. The maximum atomic E-state index is 12.5. The number of nitrogens with one attached hydrogen (secondary N) is 1. The van der Waals surface area contributed by atoms with Crippen LogP contribution in [0.15, 0.2) is 24.3 Å². The average Bonchev–Trinajstić information content (AvgIpc) is 3.13. The molecular formula is C18H21ClN4O2S. The average molecular weight is 393 g/mol. The Kier molecular flexibility index (Phi) is 5.29. The highest BCUT2D eigenvalue weighted by Gasteiger charge is 2.35. The third-order valence-electron chi connectivity index (χ3n) is 4.01. The number of hydrogen-bond donors (Lipinski definition) is 1. The summed E-state index contributed by atoms with van der Waals surface area (Å²) in [7, 11) is 0. The van der Waals surface area contributed by atoms with E-state index >= 15 is 0 Å². The summed E-state index contributed by atoms with van der Waals surface area (Å²) in [6, 6.07) is 7.03. The maximum absolute atomic E-state index is 12.5. The van der Waals surface area contributed by atoms with Crippen molar-refractivity contribution < 1.29 is 9.59 Å². The molecule has 2 amide bonds. The van der Waals surface area contributed by atoms with E-state index in [2.05, 4.69) is 36.3 Å². The van der Waals surface area contributed by atoms with E-state index in [1.54, 1.807) is 29.2 Å². The molecule has 1 aliphatic heterocycles. The van der Waals surface area contributed by atoms with Crippen LogP contribution >= 0.6 is 22.9 Å². The van der Waals surface area contributed by atoms with Gasteiger partial charge in [0, 0.05) is 30.1 Å². The number of anilines is 2. The molecule has 0 aliphatic carbocycles. The van der Waals surface area contributed by atoms with Gasteiger partial charge in [0.2, 0.25) is 16.9 Å². The fourth-order valence-corrected chi connectivity index (χ4v) is 3.96.